The minimum absolute atomic E-state index is 0.000176. The highest BCUT2D eigenvalue weighted by molar-refractivity contribution is 6.30. The van der Waals surface area contributed by atoms with Gasteiger partial charge in [-0.2, -0.15) is 9.78 Å². The second-order valence-corrected chi connectivity index (χ2v) is 9.49. The van der Waals surface area contributed by atoms with Crippen LogP contribution in [-0.4, -0.2) is 81.2 Å². The van der Waals surface area contributed by atoms with E-state index in [4.69, 9.17) is 36.2 Å². The molecule has 1 fully saturated rings. The van der Waals surface area contributed by atoms with Crippen LogP contribution in [-0.2, 0) is 11.3 Å². The summed E-state index contributed by atoms with van der Waals surface area (Å²) in [4.78, 5) is 27.8. The molecule has 1 aliphatic rings. The van der Waals surface area contributed by atoms with Crippen LogP contribution in [0.1, 0.15) is 39.0 Å². The number of hydrogen-bond acceptors (Lipinski definition) is 13. The van der Waals surface area contributed by atoms with Gasteiger partial charge in [-0.3, -0.25) is 9.69 Å². The summed E-state index contributed by atoms with van der Waals surface area (Å²) in [7, 11) is 1.45. The fourth-order valence-electron chi connectivity index (χ4n) is 4.07. The number of nitrogens with one attached hydrogen (secondary N) is 1. The van der Waals surface area contributed by atoms with Gasteiger partial charge in [0, 0.05) is 30.2 Å². The summed E-state index contributed by atoms with van der Waals surface area (Å²) < 4.78 is 22.4. The Hall–Kier alpha value is -4.86. The highest BCUT2D eigenvalue weighted by Crippen LogP contribution is 2.29. The minimum Gasteiger partial charge on any atom is -0.493 e. The molecule has 5 rings (SSSR count). The topological polar surface area (TPSA) is 185 Å². The fourth-order valence-corrected chi connectivity index (χ4v) is 4.20. The number of carbonyl (C=O) groups is 2. The van der Waals surface area contributed by atoms with Gasteiger partial charge in [-0.1, -0.05) is 16.8 Å². The monoisotopic (exact) mass is 595 g/mol. The number of halogens is 1. The molecule has 1 aliphatic heterocycles. The first-order valence-corrected chi connectivity index (χ1v) is 13.1. The smallest absolute Gasteiger partial charge is 0.343 e. The number of carbonyl (C=O) groups excluding carboxylic acids is 2. The number of hydrazone groups is 1. The molecule has 0 aliphatic carbocycles. The van der Waals surface area contributed by atoms with Gasteiger partial charge in [0.2, 0.25) is 11.6 Å². The van der Waals surface area contributed by atoms with Crippen LogP contribution in [0.5, 0.6) is 11.5 Å². The van der Waals surface area contributed by atoms with Crippen molar-refractivity contribution < 1.29 is 28.4 Å². The van der Waals surface area contributed by atoms with Crippen LogP contribution in [0.25, 0.3) is 5.82 Å². The normalized spacial score (nSPS) is 14.0. The highest BCUT2D eigenvalue weighted by Gasteiger charge is 2.26. The van der Waals surface area contributed by atoms with E-state index in [0.717, 1.165) is 0 Å². The molecule has 0 unspecified atom stereocenters. The molecule has 42 heavy (non-hydrogen) atoms. The summed E-state index contributed by atoms with van der Waals surface area (Å²) >= 11 is 5.89. The Morgan fingerprint density at radius 3 is 2.52 bits per heavy atom. The summed E-state index contributed by atoms with van der Waals surface area (Å²) in [6.07, 6.45) is 0. The molecule has 218 valence electrons. The largest absolute Gasteiger partial charge is 0.493 e. The number of rotatable bonds is 9. The number of nitrogens with zero attached hydrogens (tertiary/aromatic N) is 7. The third-order valence-corrected chi connectivity index (χ3v) is 6.59. The first-order chi connectivity index (χ1) is 20.3. The van der Waals surface area contributed by atoms with Crippen molar-refractivity contribution in [2.24, 2.45) is 5.10 Å². The summed E-state index contributed by atoms with van der Waals surface area (Å²) in [6.45, 7) is 4.45. The number of methoxy groups -OCH3 is 1. The maximum atomic E-state index is 13.2. The summed E-state index contributed by atoms with van der Waals surface area (Å²) in [5.74, 6) is -0.540. The Balaban J connectivity index is 1.33. The van der Waals surface area contributed by atoms with Gasteiger partial charge in [-0.25, -0.2) is 14.8 Å². The standard InChI is InChI=1S/C26H26ClN9O6/c1-15(17-5-8-20(21(13-17)39-2)41-26(38)16-3-6-18(27)7-4-16)29-31-25(37)22-19(14-35-9-11-40-12-10-35)36(34-30-22)24-23(28)32-42-33-24/h3-8,13H,9-12,14H2,1-2H3,(H2,28,32)(H,31,37). The average molecular weight is 596 g/mol. The first-order valence-electron chi connectivity index (χ1n) is 12.7. The minimum atomic E-state index is -0.598. The molecule has 0 bridgehead atoms. The van der Waals surface area contributed by atoms with Crippen molar-refractivity contribution in [3.63, 3.8) is 0 Å². The number of hydrogen-bond donors (Lipinski definition) is 2. The fraction of sp³-hybridized carbons (Fsp3) is 0.269. The molecule has 16 heteroatoms. The van der Waals surface area contributed by atoms with E-state index in [1.807, 2.05) is 0 Å². The molecule has 2 aromatic heterocycles. The SMILES string of the molecule is COc1cc(C(C)=NNC(=O)c2nnn(-c3nonc3N)c2CN2CCOCC2)ccc1OC(=O)c1ccc(Cl)cc1. The second-order valence-electron chi connectivity index (χ2n) is 9.06. The zero-order valence-corrected chi connectivity index (χ0v) is 23.4. The first kappa shape index (κ1) is 28.7. The predicted octanol–water partition coefficient (Wildman–Crippen LogP) is 2.10. The Kier molecular flexibility index (Phi) is 8.71. The van der Waals surface area contributed by atoms with Crippen LogP contribution in [0.2, 0.25) is 5.02 Å². The van der Waals surface area contributed by atoms with Crippen molar-refractivity contribution in [1.82, 2.24) is 35.6 Å². The van der Waals surface area contributed by atoms with Gasteiger partial charge in [0.25, 0.3) is 5.91 Å². The zero-order valence-electron chi connectivity index (χ0n) is 22.6. The Morgan fingerprint density at radius 1 is 1.10 bits per heavy atom. The number of anilines is 1. The van der Waals surface area contributed by atoms with Gasteiger partial charge in [0.15, 0.2) is 17.2 Å². The van der Waals surface area contributed by atoms with E-state index in [0.29, 0.717) is 66.2 Å². The van der Waals surface area contributed by atoms with Gasteiger partial charge in [0.1, 0.15) is 0 Å². The number of aromatic nitrogens is 5. The lowest BCUT2D eigenvalue weighted by atomic mass is 10.1. The number of ether oxygens (including phenoxy) is 3. The number of esters is 1. The lowest BCUT2D eigenvalue weighted by Gasteiger charge is -2.26. The van der Waals surface area contributed by atoms with Crippen LogP contribution < -0.4 is 20.6 Å². The molecule has 0 saturated carbocycles. The van der Waals surface area contributed by atoms with E-state index in [1.54, 1.807) is 49.4 Å². The number of nitrogens with two attached hydrogens (primary N) is 1. The Morgan fingerprint density at radius 2 is 1.83 bits per heavy atom. The van der Waals surface area contributed by atoms with Crippen molar-refractivity contribution >= 4 is 35.0 Å². The highest BCUT2D eigenvalue weighted by atomic mass is 35.5. The molecule has 0 atom stereocenters. The lowest BCUT2D eigenvalue weighted by molar-refractivity contribution is 0.0332. The Labute approximate surface area is 244 Å². The predicted molar refractivity (Wildman–Crippen MR) is 149 cm³/mol. The van der Waals surface area contributed by atoms with Crippen LogP contribution in [0.3, 0.4) is 0 Å². The molecule has 2 aromatic carbocycles. The van der Waals surface area contributed by atoms with E-state index in [-0.39, 0.29) is 23.1 Å². The molecule has 3 heterocycles. The van der Waals surface area contributed by atoms with Gasteiger partial charge >= 0.3 is 5.97 Å². The average Bonchev–Trinajstić information content (AvgIpc) is 3.62. The van der Waals surface area contributed by atoms with Crippen LogP contribution in [0.4, 0.5) is 5.82 Å². The zero-order chi connectivity index (χ0) is 29.6. The summed E-state index contributed by atoms with van der Waals surface area (Å²) in [6, 6.07) is 11.2. The van der Waals surface area contributed by atoms with E-state index >= 15 is 0 Å². The Bertz CT molecular complexity index is 1610. The summed E-state index contributed by atoms with van der Waals surface area (Å²) in [5.41, 5.74) is 10.2. The van der Waals surface area contributed by atoms with Gasteiger partial charge < -0.3 is 19.9 Å². The number of nitrogen functional groups attached to an aromatic ring is 1. The van der Waals surface area contributed by atoms with Crippen LogP contribution >= 0.6 is 11.6 Å². The molecule has 4 aromatic rings. The van der Waals surface area contributed by atoms with Crippen LogP contribution in [0, 0.1) is 0 Å². The maximum absolute atomic E-state index is 13.2. The molecule has 3 N–H and O–H groups in total. The molecular weight excluding hydrogens is 570 g/mol. The van der Waals surface area contributed by atoms with E-state index in [9.17, 15) is 9.59 Å². The van der Waals surface area contributed by atoms with Crippen molar-refractivity contribution in [1.29, 1.82) is 0 Å². The van der Waals surface area contributed by atoms with Crippen molar-refractivity contribution in [3.05, 3.63) is 70.0 Å². The van der Waals surface area contributed by atoms with Crippen LogP contribution in [0.15, 0.2) is 52.2 Å². The summed E-state index contributed by atoms with van der Waals surface area (Å²) in [5, 5.41) is 20.2. The van der Waals surface area contributed by atoms with E-state index in [1.165, 1.54) is 11.8 Å². The number of morpholine rings is 1. The molecule has 15 nitrogen and oxygen atoms in total. The van der Waals surface area contributed by atoms with Crippen molar-refractivity contribution in [2.45, 2.75) is 13.5 Å². The van der Waals surface area contributed by atoms with Gasteiger partial charge in [0.05, 0.1) is 37.3 Å². The quantitative estimate of drug-likeness (QED) is 0.124. The second kappa shape index (κ2) is 12.8. The third-order valence-electron chi connectivity index (χ3n) is 6.34. The number of amides is 1. The van der Waals surface area contributed by atoms with Gasteiger partial charge in [-0.05, 0) is 59.7 Å². The molecule has 0 spiro atoms. The molecule has 1 amide bonds. The van der Waals surface area contributed by atoms with Crippen molar-refractivity contribution in [2.75, 3.05) is 39.1 Å². The molecule has 1 saturated heterocycles. The lowest BCUT2D eigenvalue weighted by Crippen LogP contribution is -2.37. The molecular formula is C26H26ClN9O6. The maximum Gasteiger partial charge on any atom is 0.343 e. The third kappa shape index (κ3) is 6.38. The van der Waals surface area contributed by atoms with Crippen molar-refractivity contribution in [3.8, 4) is 17.3 Å². The van der Waals surface area contributed by atoms with E-state index in [2.05, 4.69) is 36.1 Å². The molecule has 0 radical (unpaired) electrons. The van der Waals surface area contributed by atoms with E-state index < -0.39 is 11.9 Å². The number of benzene rings is 2. The van der Waals surface area contributed by atoms with Gasteiger partial charge in [-0.15, -0.1) is 5.10 Å².